The molecule has 0 saturated heterocycles. The van der Waals surface area contributed by atoms with E-state index in [1.165, 1.54) is 11.8 Å². The summed E-state index contributed by atoms with van der Waals surface area (Å²) in [5, 5.41) is 2.95. The van der Waals surface area contributed by atoms with Gasteiger partial charge in [-0.3, -0.25) is 9.78 Å². The maximum atomic E-state index is 11.5. The van der Waals surface area contributed by atoms with Gasteiger partial charge in [0.15, 0.2) is 0 Å². The Morgan fingerprint density at radius 1 is 1.12 bits per heavy atom. The Morgan fingerprint density at radius 2 is 1.88 bits per heavy atom. The van der Waals surface area contributed by atoms with E-state index in [4.69, 9.17) is 0 Å². The molecule has 0 atom stereocenters. The van der Waals surface area contributed by atoms with Gasteiger partial charge in [0, 0.05) is 11.9 Å². The fraction of sp³-hybridized carbons (Fsp3) is 0.167. The Balaban J connectivity index is 2.35. The first-order chi connectivity index (χ1) is 8.06. The monoisotopic (exact) mass is 231 g/mol. The molecular formula is C12H13N3O2. The molecule has 5 heteroatoms. The van der Waals surface area contributed by atoms with Crippen molar-refractivity contribution in [3.8, 4) is 0 Å². The van der Waals surface area contributed by atoms with E-state index in [9.17, 15) is 9.59 Å². The number of anilines is 2. The van der Waals surface area contributed by atoms with Crippen molar-refractivity contribution < 1.29 is 0 Å². The summed E-state index contributed by atoms with van der Waals surface area (Å²) in [7, 11) is 0. The Kier molecular flexibility index (Phi) is 2.82. The number of aromatic amines is 2. The maximum Gasteiger partial charge on any atom is 0.325 e. The summed E-state index contributed by atoms with van der Waals surface area (Å²) in [6.07, 6.45) is 1.36. The molecule has 0 aliphatic carbocycles. The maximum absolute atomic E-state index is 11.5. The van der Waals surface area contributed by atoms with E-state index in [1.807, 2.05) is 32.0 Å². The van der Waals surface area contributed by atoms with Crippen molar-refractivity contribution in [2.75, 3.05) is 5.32 Å². The molecule has 2 rings (SSSR count). The molecule has 0 aliphatic heterocycles. The van der Waals surface area contributed by atoms with Gasteiger partial charge in [0.25, 0.3) is 5.56 Å². The first kappa shape index (κ1) is 11.2. The molecule has 0 saturated carbocycles. The van der Waals surface area contributed by atoms with Gasteiger partial charge in [-0.1, -0.05) is 6.07 Å². The molecule has 2 aromatic rings. The summed E-state index contributed by atoms with van der Waals surface area (Å²) in [4.78, 5) is 26.9. The predicted molar refractivity (Wildman–Crippen MR) is 66.9 cm³/mol. The summed E-state index contributed by atoms with van der Waals surface area (Å²) in [6.45, 7) is 4.02. The molecule has 0 fully saturated rings. The molecule has 0 aliphatic rings. The minimum atomic E-state index is -0.513. The van der Waals surface area contributed by atoms with Gasteiger partial charge in [0.2, 0.25) is 0 Å². The van der Waals surface area contributed by atoms with Crippen LogP contribution in [0.15, 0.2) is 34.0 Å². The highest BCUT2D eigenvalue weighted by atomic mass is 16.2. The van der Waals surface area contributed by atoms with E-state index < -0.39 is 11.2 Å². The number of benzene rings is 1. The van der Waals surface area contributed by atoms with Crippen LogP contribution < -0.4 is 16.6 Å². The quantitative estimate of drug-likeness (QED) is 0.731. The molecule has 0 bridgehead atoms. The first-order valence-corrected chi connectivity index (χ1v) is 5.22. The molecule has 0 spiro atoms. The molecule has 1 aromatic carbocycles. The smallest absolute Gasteiger partial charge is 0.325 e. The third-order valence-electron chi connectivity index (χ3n) is 2.61. The molecule has 1 aromatic heterocycles. The van der Waals surface area contributed by atoms with E-state index in [2.05, 4.69) is 15.3 Å². The van der Waals surface area contributed by atoms with Gasteiger partial charge >= 0.3 is 5.69 Å². The number of rotatable bonds is 2. The summed E-state index contributed by atoms with van der Waals surface area (Å²) in [6, 6.07) is 5.80. The number of hydrogen-bond acceptors (Lipinski definition) is 3. The lowest BCUT2D eigenvalue weighted by Crippen LogP contribution is -2.23. The highest BCUT2D eigenvalue weighted by Gasteiger charge is 2.01. The largest absolute Gasteiger partial charge is 0.350 e. The fourth-order valence-corrected chi connectivity index (χ4v) is 1.48. The number of H-pyrrole nitrogens is 2. The second-order valence-corrected chi connectivity index (χ2v) is 3.91. The third kappa shape index (κ3) is 2.44. The lowest BCUT2D eigenvalue weighted by Gasteiger charge is -2.07. The molecule has 0 radical (unpaired) electrons. The van der Waals surface area contributed by atoms with Crippen LogP contribution in [-0.2, 0) is 0 Å². The third-order valence-corrected chi connectivity index (χ3v) is 2.61. The number of aryl methyl sites for hydroxylation is 2. The van der Waals surface area contributed by atoms with E-state index in [1.54, 1.807) is 0 Å². The Bertz CT molecular complexity index is 655. The minimum Gasteiger partial charge on any atom is -0.350 e. The van der Waals surface area contributed by atoms with Gasteiger partial charge in [-0.2, -0.15) is 0 Å². The van der Waals surface area contributed by atoms with Crippen molar-refractivity contribution in [1.82, 2.24) is 9.97 Å². The highest BCUT2D eigenvalue weighted by molar-refractivity contribution is 5.59. The predicted octanol–water partition coefficient (Wildman–Crippen LogP) is 1.42. The van der Waals surface area contributed by atoms with Crippen LogP contribution in [0, 0.1) is 13.8 Å². The van der Waals surface area contributed by atoms with Crippen LogP contribution >= 0.6 is 0 Å². The topological polar surface area (TPSA) is 77.8 Å². The molecule has 1 heterocycles. The van der Waals surface area contributed by atoms with Crippen LogP contribution in [-0.4, -0.2) is 9.97 Å². The lowest BCUT2D eigenvalue weighted by atomic mass is 10.1. The molecule has 88 valence electrons. The van der Waals surface area contributed by atoms with E-state index in [-0.39, 0.29) is 0 Å². The van der Waals surface area contributed by atoms with Gasteiger partial charge in [-0.25, -0.2) is 4.79 Å². The minimum absolute atomic E-state index is 0.313. The van der Waals surface area contributed by atoms with Crippen LogP contribution in [0.1, 0.15) is 11.1 Å². The van der Waals surface area contributed by atoms with E-state index in [0.29, 0.717) is 5.69 Å². The molecular weight excluding hydrogens is 218 g/mol. The average molecular weight is 231 g/mol. The molecule has 17 heavy (non-hydrogen) atoms. The zero-order chi connectivity index (χ0) is 12.4. The van der Waals surface area contributed by atoms with Crippen LogP contribution in [0.2, 0.25) is 0 Å². The van der Waals surface area contributed by atoms with Gasteiger partial charge in [-0.15, -0.1) is 0 Å². The van der Waals surface area contributed by atoms with Gasteiger partial charge in [-0.05, 0) is 37.1 Å². The van der Waals surface area contributed by atoms with Crippen molar-refractivity contribution in [3.05, 3.63) is 56.4 Å². The van der Waals surface area contributed by atoms with Crippen LogP contribution in [0.4, 0.5) is 11.4 Å². The van der Waals surface area contributed by atoms with E-state index in [0.717, 1.165) is 11.3 Å². The zero-order valence-electron chi connectivity index (χ0n) is 9.63. The number of hydrogen-bond donors (Lipinski definition) is 3. The zero-order valence-corrected chi connectivity index (χ0v) is 9.63. The highest BCUT2D eigenvalue weighted by Crippen LogP contribution is 2.16. The molecule has 5 nitrogen and oxygen atoms in total. The summed E-state index contributed by atoms with van der Waals surface area (Å²) in [5.74, 6) is 0. The van der Waals surface area contributed by atoms with Crippen molar-refractivity contribution in [2.45, 2.75) is 13.8 Å². The van der Waals surface area contributed by atoms with Gasteiger partial charge in [0.05, 0.1) is 0 Å². The SMILES string of the molecule is Cc1ccc(Nc2c[nH]c(=O)[nH]c2=O)cc1C. The summed E-state index contributed by atoms with van der Waals surface area (Å²) >= 11 is 0. The van der Waals surface area contributed by atoms with Crippen molar-refractivity contribution in [2.24, 2.45) is 0 Å². The normalized spacial score (nSPS) is 10.2. The summed E-state index contributed by atoms with van der Waals surface area (Å²) < 4.78 is 0. The number of nitrogens with one attached hydrogen (secondary N) is 3. The van der Waals surface area contributed by atoms with Crippen LogP contribution in [0.5, 0.6) is 0 Å². The molecule has 0 amide bonds. The van der Waals surface area contributed by atoms with Crippen molar-refractivity contribution >= 4 is 11.4 Å². The molecule has 3 N–H and O–H groups in total. The Morgan fingerprint density at radius 3 is 2.53 bits per heavy atom. The fourth-order valence-electron chi connectivity index (χ4n) is 1.48. The van der Waals surface area contributed by atoms with Crippen LogP contribution in [0.25, 0.3) is 0 Å². The Labute approximate surface area is 97.5 Å². The van der Waals surface area contributed by atoms with Gasteiger partial charge in [0.1, 0.15) is 5.69 Å². The standard InChI is InChI=1S/C12H13N3O2/c1-7-3-4-9(5-8(7)2)14-10-6-13-12(17)15-11(10)16/h3-6,14H,1-2H3,(H2,13,15,16,17). The average Bonchev–Trinajstić information content (AvgIpc) is 2.27. The van der Waals surface area contributed by atoms with Crippen LogP contribution in [0.3, 0.4) is 0 Å². The van der Waals surface area contributed by atoms with E-state index >= 15 is 0 Å². The Hall–Kier alpha value is -2.30. The number of aromatic nitrogens is 2. The first-order valence-electron chi connectivity index (χ1n) is 5.22. The van der Waals surface area contributed by atoms with Crippen molar-refractivity contribution in [3.63, 3.8) is 0 Å². The molecule has 0 unspecified atom stereocenters. The van der Waals surface area contributed by atoms with Crippen molar-refractivity contribution in [1.29, 1.82) is 0 Å². The van der Waals surface area contributed by atoms with Gasteiger partial charge < -0.3 is 10.3 Å². The summed E-state index contributed by atoms with van der Waals surface area (Å²) in [5.41, 5.74) is 2.49. The second kappa shape index (κ2) is 4.29. The lowest BCUT2D eigenvalue weighted by molar-refractivity contribution is 1.04. The second-order valence-electron chi connectivity index (χ2n) is 3.91.